The monoisotopic (exact) mass is 317 g/mol. The van der Waals surface area contributed by atoms with Gasteiger partial charge in [0.15, 0.2) is 0 Å². The number of amides is 1. The predicted molar refractivity (Wildman–Crippen MR) is 89.0 cm³/mol. The molecule has 23 heavy (non-hydrogen) atoms. The molecule has 2 fully saturated rings. The van der Waals surface area contributed by atoms with Crippen molar-refractivity contribution in [2.24, 2.45) is 0 Å². The highest BCUT2D eigenvalue weighted by Gasteiger charge is 2.38. The lowest BCUT2D eigenvalue weighted by molar-refractivity contribution is -0.155. The van der Waals surface area contributed by atoms with Gasteiger partial charge in [0.25, 0.3) is 0 Å². The molecule has 0 aromatic heterocycles. The summed E-state index contributed by atoms with van der Waals surface area (Å²) in [6.45, 7) is 3.73. The lowest BCUT2D eigenvalue weighted by Gasteiger charge is -2.42. The predicted octanol–water partition coefficient (Wildman–Crippen LogP) is 2.85. The lowest BCUT2D eigenvalue weighted by atomic mass is 9.82. The zero-order valence-electron chi connectivity index (χ0n) is 14.0. The third-order valence-electron chi connectivity index (χ3n) is 5.28. The molecule has 1 atom stereocenters. The molecule has 0 radical (unpaired) electrons. The molecule has 1 aromatic carbocycles. The molecule has 1 N–H and O–H groups in total. The molecule has 1 unspecified atom stereocenters. The molecule has 2 aliphatic rings. The van der Waals surface area contributed by atoms with Crippen molar-refractivity contribution in [3.8, 4) is 0 Å². The maximum absolute atomic E-state index is 12.7. The van der Waals surface area contributed by atoms with Crippen LogP contribution in [0.3, 0.4) is 0 Å². The fraction of sp³-hybridized carbons (Fsp3) is 0.632. The average molecular weight is 317 g/mol. The van der Waals surface area contributed by atoms with Crippen LogP contribution in [-0.4, -0.2) is 41.2 Å². The van der Waals surface area contributed by atoms with E-state index in [1.807, 2.05) is 42.2 Å². The van der Waals surface area contributed by atoms with E-state index < -0.39 is 11.2 Å². The Morgan fingerprint density at radius 3 is 2.61 bits per heavy atom. The first kappa shape index (κ1) is 16.5. The Labute approximate surface area is 138 Å². The minimum Gasteiger partial charge on any atom is -0.389 e. The summed E-state index contributed by atoms with van der Waals surface area (Å²) in [4.78, 5) is 14.6. The standard InChI is InChI=1S/C19H27NO3/c1-18(16-8-4-2-5-9-16)15-20(12-13-23-18)17(21)14-19(22)10-6-3-7-11-19/h2,4-5,8-9,22H,3,6-7,10-15H2,1H3. The molecule has 4 nitrogen and oxygen atoms in total. The van der Waals surface area contributed by atoms with Crippen LogP contribution >= 0.6 is 0 Å². The molecule has 4 heteroatoms. The van der Waals surface area contributed by atoms with E-state index >= 15 is 0 Å². The van der Waals surface area contributed by atoms with Crippen molar-refractivity contribution in [3.05, 3.63) is 35.9 Å². The van der Waals surface area contributed by atoms with Gasteiger partial charge in [-0.05, 0) is 25.3 Å². The molecular weight excluding hydrogens is 290 g/mol. The van der Waals surface area contributed by atoms with E-state index in [1.165, 1.54) is 6.42 Å². The molecule has 1 amide bonds. The summed E-state index contributed by atoms with van der Waals surface area (Å²) in [6.07, 6.45) is 4.96. The number of hydrogen-bond donors (Lipinski definition) is 1. The zero-order chi connectivity index (χ0) is 16.3. The minimum absolute atomic E-state index is 0.0554. The number of ether oxygens (including phenoxy) is 1. The number of morpholine rings is 1. The summed E-state index contributed by atoms with van der Waals surface area (Å²) in [7, 11) is 0. The van der Waals surface area contributed by atoms with Crippen molar-refractivity contribution in [3.63, 3.8) is 0 Å². The van der Waals surface area contributed by atoms with Crippen LogP contribution in [0.25, 0.3) is 0 Å². The molecule has 1 aliphatic heterocycles. The van der Waals surface area contributed by atoms with Crippen molar-refractivity contribution in [1.82, 2.24) is 4.90 Å². The van der Waals surface area contributed by atoms with E-state index in [1.54, 1.807) is 0 Å². The second-order valence-corrected chi connectivity index (χ2v) is 7.22. The Morgan fingerprint density at radius 2 is 1.91 bits per heavy atom. The van der Waals surface area contributed by atoms with Crippen molar-refractivity contribution < 1.29 is 14.6 Å². The van der Waals surface area contributed by atoms with E-state index in [2.05, 4.69) is 0 Å². The van der Waals surface area contributed by atoms with E-state index in [4.69, 9.17) is 4.74 Å². The Kier molecular flexibility index (Phi) is 4.74. The van der Waals surface area contributed by atoms with Gasteiger partial charge in [-0.3, -0.25) is 4.79 Å². The number of rotatable bonds is 3. The van der Waals surface area contributed by atoms with Gasteiger partial charge < -0.3 is 14.7 Å². The van der Waals surface area contributed by atoms with Crippen molar-refractivity contribution >= 4 is 5.91 Å². The van der Waals surface area contributed by atoms with Crippen molar-refractivity contribution in [1.29, 1.82) is 0 Å². The van der Waals surface area contributed by atoms with Crippen LogP contribution < -0.4 is 0 Å². The number of hydrogen-bond acceptors (Lipinski definition) is 3. The van der Waals surface area contributed by atoms with Crippen LogP contribution in [-0.2, 0) is 15.1 Å². The van der Waals surface area contributed by atoms with Crippen LogP contribution in [0.1, 0.15) is 51.0 Å². The second-order valence-electron chi connectivity index (χ2n) is 7.22. The number of carbonyl (C=O) groups is 1. The number of nitrogens with zero attached hydrogens (tertiary/aromatic N) is 1. The van der Waals surface area contributed by atoms with Crippen molar-refractivity contribution in [2.75, 3.05) is 19.7 Å². The summed E-state index contributed by atoms with van der Waals surface area (Å²) in [6, 6.07) is 10.1. The Balaban J connectivity index is 1.67. The van der Waals surface area contributed by atoms with E-state index in [0.29, 0.717) is 19.7 Å². The first-order valence-electron chi connectivity index (χ1n) is 8.71. The normalized spacial score (nSPS) is 27.7. The van der Waals surface area contributed by atoms with Gasteiger partial charge >= 0.3 is 0 Å². The molecule has 0 bridgehead atoms. The summed E-state index contributed by atoms with van der Waals surface area (Å²) >= 11 is 0. The van der Waals surface area contributed by atoms with Gasteiger partial charge in [0.1, 0.15) is 5.60 Å². The van der Waals surface area contributed by atoms with Gasteiger partial charge in [0.2, 0.25) is 5.91 Å². The number of aliphatic hydroxyl groups is 1. The van der Waals surface area contributed by atoms with Gasteiger partial charge in [-0.25, -0.2) is 0 Å². The molecule has 3 rings (SSSR count). The molecular formula is C19H27NO3. The van der Waals surface area contributed by atoms with Gasteiger partial charge in [-0.15, -0.1) is 0 Å². The van der Waals surface area contributed by atoms with Crippen LogP contribution in [0, 0.1) is 0 Å². The van der Waals surface area contributed by atoms with Gasteiger partial charge in [0.05, 0.1) is 25.2 Å². The molecule has 0 spiro atoms. The number of benzene rings is 1. The fourth-order valence-corrected chi connectivity index (χ4v) is 3.83. The van der Waals surface area contributed by atoms with E-state index in [9.17, 15) is 9.90 Å². The zero-order valence-corrected chi connectivity index (χ0v) is 14.0. The molecule has 126 valence electrons. The quantitative estimate of drug-likeness (QED) is 0.932. The van der Waals surface area contributed by atoms with Crippen molar-refractivity contribution in [2.45, 2.75) is 56.7 Å². The third kappa shape index (κ3) is 3.75. The first-order valence-corrected chi connectivity index (χ1v) is 8.71. The smallest absolute Gasteiger partial charge is 0.225 e. The molecule has 1 heterocycles. The summed E-state index contributed by atoms with van der Waals surface area (Å²) in [5, 5.41) is 10.6. The molecule has 1 aliphatic carbocycles. The van der Waals surface area contributed by atoms with Gasteiger partial charge in [0, 0.05) is 6.54 Å². The second kappa shape index (κ2) is 6.62. The SMILES string of the molecule is CC1(c2ccccc2)CN(C(=O)CC2(O)CCCCC2)CCO1. The topological polar surface area (TPSA) is 49.8 Å². The Bertz CT molecular complexity index is 539. The first-order chi connectivity index (χ1) is 11.0. The van der Waals surface area contributed by atoms with Crippen LogP contribution in [0.2, 0.25) is 0 Å². The largest absolute Gasteiger partial charge is 0.389 e. The van der Waals surface area contributed by atoms with E-state index in [-0.39, 0.29) is 12.3 Å². The highest BCUT2D eigenvalue weighted by atomic mass is 16.5. The Morgan fingerprint density at radius 1 is 1.22 bits per heavy atom. The van der Waals surface area contributed by atoms with Crippen LogP contribution in [0.5, 0.6) is 0 Å². The summed E-state index contributed by atoms with van der Waals surface area (Å²) in [5.74, 6) is 0.0554. The minimum atomic E-state index is -0.795. The maximum atomic E-state index is 12.7. The lowest BCUT2D eigenvalue weighted by Crippen LogP contribution is -2.52. The average Bonchev–Trinajstić information content (AvgIpc) is 2.56. The number of carbonyl (C=O) groups excluding carboxylic acids is 1. The van der Waals surface area contributed by atoms with Gasteiger partial charge in [-0.1, -0.05) is 49.6 Å². The fourth-order valence-electron chi connectivity index (χ4n) is 3.83. The summed E-state index contributed by atoms with van der Waals surface area (Å²) < 4.78 is 5.99. The molecule has 1 aromatic rings. The molecule has 1 saturated heterocycles. The maximum Gasteiger partial charge on any atom is 0.225 e. The Hall–Kier alpha value is -1.39. The highest BCUT2D eigenvalue weighted by molar-refractivity contribution is 5.77. The summed E-state index contributed by atoms with van der Waals surface area (Å²) in [5.41, 5.74) is -0.171. The molecule has 1 saturated carbocycles. The van der Waals surface area contributed by atoms with Gasteiger partial charge in [-0.2, -0.15) is 0 Å². The van der Waals surface area contributed by atoms with Crippen LogP contribution in [0.15, 0.2) is 30.3 Å². The third-order valence-corrected chi connectivity index (χ3v) is 5.28. The van der Waals surface area contributed by atoms with E-state index in [0.717, 1.165) is 31.2 Å². The van der Waals surface area contributed by atoms with Crippen LogP contribution in [0.4, 0.5) is 0 Å². The highest BCUT2D eigenvalue weighted by Crippen LogP contribution is 2.33.